The molecule has 0 radical (unpaired) electrons. The summed E-state index contributed by atoms with van der Waals surface area (Å²) in [4.78, 5) is 0. The zero-order chi connectivity index (χ0) is 13.8. The van der Waals surface area contributed by atoms with E-state index < -0.39 is 0 Å². The molecule has 0 spiro atoms. The fourth-order valence-corrected chi connectivity index (χ4v) is 2.94. The number of alkyl halides is 2. The predicted octanol–water partition coefficient (Wildman–Crippen LogP) is 3.35. The average molecular weight is 313 g/mol. The molecule has 0 atom stereocenters. The summed E-state index contributed by atoms with van der Waals surface area (Å²) in [7, 11) is 1.90. The minimum Gasteiger partial charge on any atom is -0.303 e. The van der Waals surface area contributed by atoms with Crippen molar-refractivity contribution in [3.8, 4) is 0 Å². The molecule has 1 N–H and O–H groups in total. The molecule has 1 aromatic heterocycles. The number of rotatable bonds is 7. The van der Waals surface area contributed by atoms with Crippen LogP contribution in [0.3, 0.4) is 0 Å². The highest BCUT2D eigenvalue weighted by Crippen LogP contribution is 2.22. The fourth-order valence-electron chi connectivity index (χ4n) is 1.73. The fraction of sp³-hybridized carbons (Fsp3) is 0.750. The molecule has 0 fully saturated rings. The molecule has 1 heterocycles. The van der Waals surface area contributed by atoms with Crippen molar-refractivity contribution in [1.29, 1.82) is 0 Å². The van der Waals surface area contributed by atoms with Crippen molar-refractivity contribution in [2.45, 2.75) is 38.8 Å². The molecule has 0 unspecified atom stereocenters. The van der Waals surface area contributed by atoms with Crippen molar-refractivity contribution in [3.63, 3.8) is 0 Å². The van der Waals surface area contributed by atoms with E-state index in [9.17, 15) is 0 Å². The van der Waals surface area contributed by atoms with E-state index in [1.54, 1.807) is 0 Å². The number of halogens is 3. The third kappa shape index (κ3) is 3.32. The Morgan fingerprint density at radius 3 is 2.28 bits per heavy atom. The Hall–Kier alpha value is 0.0400. The van der Waals surface area contributed by atoms with Crippen LogP contribution in [0.1, 0.15) is 31.7 Å². The maximum Gasteiger partial charge on any atom is 0.0863 e. The SMILES string of the molecule is CCc1nn(C)c(CNC(CC)(CCl)CCl)c1Cl. The lowest BCUT2D eigenvalue weighted by molar-refractivity contribution is 0.378. The summed E-state index contributed by atoms with van der Waals surface area (Å²) in [5.41, 5.74) is 1.65. The second-order valence-corrected chi connectivity index (χ2v) is 5.35. The molecule has 0 aliphatic heterocycles. The maximum atomic E-state index is 6.30. The Morgan fingerprint density at radius 2 is 1.89 bits per heavy atom. The standard InChI is InChI=1S/C12H20Cl3N3/c1-4-9-11(15)10(18(3)17-9)6-16-12(5-2,7-13)8-14/h16H,4-8H2,1-3H3. The van der Waals surface area contributed by atoms with Gasteiger partial charge in [-0.15, -0.1) is 23.2 Å². The third-order valence-corrected chi connectivity index (χ3v) is 4.78. The van der Waals surface area contributed by atoms with Crippen LogP contribution in [0.15, 0.2) is 0 Å². The zero-order valence-corrected chi connectivity index (χ0v) is 13.3. The van der Waals surface area contributed by atoms with Gasteiger partial charge in [0.05, 0.1) is 16.4 Å². The Balaban J connectivity index is 2.82. The first kappa shape index (κ1) is 16.1. The van der Waals surface area contributed by atoms with Gasteiger partial charge in [0, 0.05) is 30.9 Å². The van der Waals surface area contributed by atoms with Crippen molar-refractivity contribution in [2.75, 3.05) is 11.8 Å². The van der Waals surface area contributed by atoms with Crippen LogP contribution in [-0.4, -0.2) is 27.1 Å². The van der Waals surface area contributed by atoms with Crippen LogP contribution in [-0.2, 0) is 20.0 Å². The van der Waals surface area contributed by atoms with Crippen molar-refractivity contribution in [3.05, 3.63) is 16.4 Å². The quantitative estimate of drug-likeness (QED) is 0.783. The molecular formula is C12H20Cl3N3. The van der Waals surface area contributed by atoms with Gasteiger partial charge in [-0.1, -0.05) is 25.4 Å². The molecule has 1 aromatic rings. The van der Waals surface area contributed by atoms with Crippen LogP contribution in [0.25, 0.3) is 0 Å². The van der Waals surface area contributed by atoms with Crippen LogP contribution < -0.4 is 5.32 Å². The van der Waals surface area contributed by atoms with Crippen LogP contribution >= 0.6 is 34.8 Å². The third-order valence-electron chi connectivity index (χ3n) is 3.32. The second-order valence-electron chi connectivity index (χ2n) is 4.44. The number of hydrogen-bond donors (Lipinski definition) is 1. The lowest BCUT2D eigenvalue weighted by Gasteiger charge is -2.29. The molecule has 18 heavy (non-hydrogen) atoms. The molecule has 0 aliphatic rings. The maximum absolute atomic E-state index is 6.30. The van der Waals surface area contributed by atoms with Gasteiger partial charge >= 0.3 is 0 Å². The summed E-state index contributed by atoms with van der Waals surface area (Å²) in [5.74, 6) is 0.951. The van der Waals surface area contributed by atoms with E-state index >= 15 is 0 Å². The first-order chi connectivity index (χ1) is 8.53. The first-order valence-electron chi connectivity index (χ1n) is 6.10. The van der Waals surface area contributed by atoms with E-state index in [0.717, 1.165) is 29.3 Å². The summed E-state index contributed by atoms with van der Waals surface area (Å²) in [6.45, 7) is 4.73. The summed E-state index contributed by atoms with van der Waals surface area (Å²) < 4.78 is 1.82. The van der Waals surface area contributed by atoms with Gasteiger partial charge in [-0.2, -0.15) is 5.10 Å². The van der Waals surface area contributed by atoms with E-state index in [-0.39, 0.29) is 5.54 Å². The Kier molecular flexibility index (Phi) is 6.25. The zero-order valence-electron chi connectivity index (χ0n) is 11.1. The van der Waals surface area contributed by atoms with Gasteiger partial charge in [-0.05, 0) is 12.8 Å². The summed E-state index contributed by atoms with van der Waals surface area (Å²) in [6.07, 6.45) is 1.70. The summed E-state index contributed by atoms with van der Waals surface area (Å²) >= 11 is 18.3. The smallest absolute Gasteiger partial charge is 0.0863 e. The van der Waals surface area contributed by atoms with Gasteiger partial charge in [0.15, 0.2) is 0 Å². The van der Waals surface area contributed by atoms with Crippen molar-refractivity contribution >= 4 is 34.8 Å². The second kappa shape index (κ2) is 6.99. The normalized spacial score (nSPS) is 12.1. The van der Waals surface area contributed by atoms with Gasteiger partial charge in [-0.3, -0.25) is 4.68 Å². The monoisotopic (exact) mass is 311 g/mol. The Bertz CT molecular complexity index is 378. The summed E-state index contributed by atoms with van der Waals surface area (Å²) in [6, 6.07) is 0. The van der Waals surface area contributed by atoms with Gasteiger partial charge in [0.1, 0.15) is 0 Å². The molecule has 1 rings (SSSR count). The largest absolute Gasteiger partial charge is 0.303 e. The molecule has 3 nitrogen and oxygen atoms in total. The van der Waals surface area contributed by atoms with Gasteiger partial charge in [-0.25, -0.2) is 0 Å². The average Bonchev–Trinajstić information content (AvgIpc) is 2.67. The van der Waals surface area contributed by atoms with E-state index in [1.165, 1.54) is 0 Å². The number of aromatic nitrogens is 2. The topological polar surface area (TPSA) is 29.9 Å². The highest BCUT2D eigenvalue weighted by molar-refractivity contribution is 6.31. The molecule has 0 aliphatic carbocycles. The number of hydrogen-bond acceptors (Lipinski definition) is 2. The highest BCUT2D eigenvalue weighted by atomic mass is 35.5. The number of nitrogens with one attached hydrogen (secondary N) is 1. The Labute approximate surface area is 124 Å². The molecule has 0 bridgehead atoms. The minimum absolute atomic E-state index is 0.247. The predicted molar refractivity (Wildman–Crippen MR) is 78.9 cm³/mol. The molecule has 0 saturated heterocycles. The first-order valence-corrected chi connectivity index (χ1v) is 7.55. The molecule has 6 heteroatoms. The molecule has 0 amide bonds. The molecular weight excluding hydrogens is 293 g/mol. The molecule has 0 aromatic carbocycles. The van der Waals surface area contributed by atoms with Crippen molar-refractivity contribution < 1.29 is 0 Å². The molecule has 104 valence electrons. The lowest BCUT2D eigenvalue weighted by Crippen LogP contribution is -2.48. The van der Waals surface area contributed by atoms with E-state index in [0.29, 0.717) is 18.3 Å². The Morgan fingerprint density at radius 1 is 1.28 bits per heavy atom. The summed E-state index contributed by atoms with van der Waals surface area (Å²) in [5, 5.41) is 8.53. The van der Waals surface area contributed by atoms with Gasteiger partial charge in [0.2, 0.25) is 0 Å². The van der Waals surface area contributed by atoms with E-state index in [4.69, 9.17) is 34.8 Å². The van der Waals surface area contributed by atoms with Crippen LogP contribution in [0.2, 0.25) is 5.02 Å². The van der Waals surface area contributed by atoms with Crippen LogP contribution in [0.4, 0.5) is 0 Å². The number of aryl methyl sites for hydroxylation is 2. The number of nitrogens with zero attached hydrogens (tertiary/aromatic N) is 2. The van der Waals surface area contributed by atoms with Gasteiger partial charge < -0.3 is 5.32 Å². The van der Waals surface area contributed by atoms with Crippen molar-refractivity contribution in [2.24, 2.45) is 7.05 Å². The van der Waals surface area contributed by atoms with Crippen molar-refractivity contribution in [1.82, 2.24) is 15.1 Å². The lowest BCUT2D eigenvalue weighted by atomic mass is 10.0. The van der Waals surface area contributed by atoms with E-state index in [1.807, 2.05) is 18.7 Å². The van der Waals surface area contributed by atoms with Crippen LogP contribution in [0, 0.1) is 0 Å². The highest BCUT2D eigenvalue weighted by Gasteiger charge is 2.26. The van der Waals surface area contributed by atoms with E-state index in [2.05, 4.69) is 17.3 Å². The van der Waals surface area contributed by atoms with Crippen LogP contribution in [0.5, 0.6) is 0 Å². The minimum atomic E-state index is -0.247. The van der Waals surface area contributed by atoms with Gasteiger partial charge in [0.25, 0.3) is 0 Å². The molecule has 0 saturated carbocycles.